The van der Waals surface area contributed by atoms with E-state index in [-0.39, 0.29) is 6.61 Å². The molecule has 1 aromatic carbocycles. The van der Waals surface area contributed by atoms with Crippen LogP contribution in [0.25, 0.3) is 0 Å². The summed E-state index contributed by atoms with van der Waals surface area (Å²) in [6.07, 6.45) is -5.86. The number of hydrogen-bond donors (Lipinski definition) is 3. The molecule has 0 aliphatic carbocycles. The number of rotatable bonds is 2. The highest BCUT2D eigenvalue weighted by molar-refractivity contribution is 5.17. The van der Waals surface area contributed by atoms with E-state index < -0.39 is 36.7 Å². The van der Waals surface area contributed by atoms with E-state index >= 15 is 0 Å². The van der Waals surface area contributed by atoms with Crippen molar-refractivity contribution < 1.29 is 34.3 Å². The normalized spacial score (nSPS) is 43.3. The predicted molar refractivity (Wildman–Crippen MR) is 68.9 cm³/mol. The fourth-order valence-corrected chi connectivity index (χ4v) is 2.58. The van der Waals surface area contributed by atoms with E-state index in [2.05, 4.69) is 0 Å². The Kier molecular flexibility index (Phi) is 3.98. The molecule has 21 heavy (non-hydrogen) atoms. The lowest BCUT2D eigenvalue weighted by atomic mass is 9.94. The van der Waals surface area contributed by atoms with Gasteiger partial charge < -0.3 is 34.3 Å². The maximum atomic E-state index is 10.6. The van der Waals surface area contributed by atoms with Crippen molar-refractivity contribution in [3.8, 4) is 0 Å². The van der Waals surface area contributed by atoms with Crippen LogP contribution in [0.15, 0.2) is 30.3 Å². The molecule has 0 bridgehead atoms. The third kappa shape index (κ3) is 2.47. The number of ether oxygens (including phenoxy) is 4. The third-order valence-electron chi connectivity index (χ3n) is 3.78. The summed E-state index contributed by atoms with van der Waals surface area (Å²) in [6.45, 7) is -0.000297. The molecule has 0 aromatic heterocycles. The van der Waals surface area contributed by atoms with Gasteiger partial charge >= 0.3 is 0 Å². The molecule has 7 heteroatoms. The highest BCUT2D eigenvalue weighted by atomic mass is 16.8. The summed E-state index contributed by atoms with van der Waals surface area (Å²) in [6, 6.07) is 9.01. The molecule has 3 rings (SSSR count). The molecule has 6 unspecified atom stereocenters. The Morgan fingerprint density at radius 3 is 2.62 bits per heavy atom. The standard InChI is InChI=1S/C14H18O7/c1-18-13-10(15)11(16)14(17)9(20-13)7-19-12(21-14)8-5-3-2-4-6-8/h2-6,9-13,15-17H,7H2,1H3. The van der Waals surface area contributed by atoms with E-state index in [1.807, 2.05) is 18.2 Å². The highest BCUT2D eigenvalue weighted by Gasteiger charge is 2.59. The lowest BCUT2D eigenvalue weighted by molar-refractivity contribution is -0.452. The second-order valence-corrected chi connectivity index (χ2v) is 5.11. The van der Waals surface area contributed by atoms with Gasteiger partial charge in [0.15, 0.2) is 12.6 Å². The van der Waals surface area contributed by atoms with Crippen molar-refractivity contribution in [2.45, 2.75) is 36.7 Å². The Balaban J connectivity index is 1.83. The second-order valence-electron chi connectivity index (χ2n) is 5.11. The SMILES string of the molecule is COC1OC2COC(c3ccccc3)OC2(O)C(O)C1O. The fourth-order valence-electron chi connectivity index (χ4n) is 2.58. The molecule has 6 atom stereocenters. The molecule has 0 radical (unpaired) electrons. The molecular weight excluding hydrogens is 280 g/mol. The van der Waals surface area contributed by atoms with E-state index in [1.54, 1.807) is 12.1 Å². The van der Waals surface area contributed by atoms with Crippen LogP contribution in [0.5, 0.6) is 0 Å². The first-order chi connectivity index (χ1) is 10.1. The summed E-state index contributed by atoms with van der Waals surface area (Å²) in [5.41, 5.74) is 0.694. The first-order valence-electron chi connectivity index (χ1n) is 6.67. The first kappa shape index (κ1) is 14.9. The van der Waals surface area contributed by atoms with Gasteiger partial charge in [-0.3, -0.25) is 0 Å². The summed E-state index contributed by atoms with van der Waals surface area (Å²) < 4.78 is 21.3. The van der Waals surface area contributed by atoms with Gasteiger partial charge in [0, 0.05) is 12.7 Å². The van der Waals surface area contributed by atoms with Crippen LogP contribution in [-0.2, 0) is 18.9 Å². The Labute approximate surface area is 121 Å². The number of hydrogen-bond acceptors (Lipinski definition) is 7. The van der Waals surface area contributed by atoms with Crippen LogP contribution in [0.2, 0.25) is 0 Å². The van der Waals surface area contributed by atoms with Crippen LogP contribution in [0, 0.1) is 0 Å². The van der Waals surface area contributed by atoms with Gasteiger partial charge in [-0.05, 0) is 0 Å². The van der Waals surface area contributed by atoms with Crippen molar-refractivity contribution in [1.82, 2.24) is 0 Å². The Hall–Kier alpha value is -1.06. The topological polar surface area (TPSA) is 97.6 Å². The quantitative estimate of drug-likeness (QED) is 0.678. The van der Waals surface area contributed by atoms with Crippen molar-refractivity contribution in [3.63, 3.8) is 0 Å². The molecule has 3 N–H and O–H groups in total. The first-order valence-corrected chi connectivity index (χ1v) is 6.67. The highest BCUT2D eigenvalue weighted by Crippen LogP contribution is 2.39. The van der Waals surface area contributed by atoms with Crippen LogP contribution < -0.4 is 0 Å². The molecule has 2 heterocycles. The van der Waals surface area contributed by atoms with E-state index in [4.69, 9.17) is 18.9 Å². The molecule has 116 valence electrons. The number of fused-ring (bicyclic) bond motifs is 1. The molecule has 7 nitrogen and oxygen atoms in total. The Morgan fingerprint density at radius 2 is 1.95 bits per heavy atom. The molecule has 1 aromatic rings. The van der Waals surface area contributed by atoms with Crippen molar-refractivity contribution in [1.29, 1.82) is 0 Å². The third-order valence-corrected chi connectivity index (χ3v) is 3.78. The molecule has 0 amide bonds. The lowest BCUT2D eigenvalue weighted by Gasteiger charge is -2.50. The predicted octanol–water partition coefficient (Wildman–Crippen LogP) is -0.486. The van der Waals surface area contributed by atoms with E-state index in [1.165, 1.54) is 7.11 Å². The summed E-state index contributed by atoms with van der Waals surface area (Å²) in [5.74, 6) is -2.06. The minimum absolute atomic E-state index is 0.000297. The zero-order chi connectivity index (χ0) is 15.0. The minimum atomic E-state index is -2.06. The van der Waals surface area contributed by atoms with Crippen LogP contribution >= 0.6 is 0 Å². The average Bonchev–Trinajstić information content (AvgIpc) is 2.52. The zero-order valence-corrected chi connectivity index (χ0v) is 11.5. The van der Waals surface area contributed by atoms with Crippen molar-refractivity contribution in [2.75, 3.05) is 13.7 Å². The molecule has 2 aliphatic heterocycles. The van der Waals surface area contributed by atoms with E-state index in [0.717, 1.165) is 0 Å². The number of aliphatic hydroxyl groups excluding tert-OH is 2. The second kappa shape index (κ2) is 5.62. The maximum absolute atomic E-state index is 10.6. The summed E-state index contributed by atoms with van der Waals surface area (Å²) >= 11 is 0. The molecule has 0 spiro atoms. The zero-order valence-electron chi connectivity index (χ0n) is 11.5. The fraction of sp³-hybridized carbons (Fsp3) is 0.571. The lowest BCUT2D eigenvalue weighted by Crippen LogP contribution is -2.70. The Bertz CT molecular complexity index is 477. The van der Waals surface area contributed by atoms with Gasteiger partial charge in [-0.2, -0.15) is 0 Å². The average molecular weight is 298 g/mol. The molecular formula is C14H18O7. The van der Waals surface area contributed by atoms with Crippen molar-refractivity contribution in [2.24, 2.45) is 0 Å². The summed E-state index contributed by atoms with van der Waals surface area (Å²) in [5, 5.41) is 30.7. The molecule has 2 saturated heterocycles. The number of methoxy groups -OCH3 is 1. The van der Waals surface area contributed by atoms with Crippen LogP contribution in [-0.4, -0.2) is 59.4 Å². The van der Waals surface area contributed by atoms with Crippen LogP contribution in [0.1, 0.15) is 11.9 Å². The van der Waals surface area contributed by atoms with Gasteiger partial charge in [0.25, 0.3) is 0 Å². The minimum Gasteiger partial charge on any atom is -0.385 e. The smallest absolute Gasteiger partial charge is 0.227 e. The largest absolute Gasteiger partial charge is 0.385 e. The van der Waals surface area contributed by atoms with E-state index in [9.17, 15) is 15.3 Å². The van der Waals surface area contributed by atoms with E-state index in [0.29, 0.717) is 5.56 Å². The van der Waals surface area contributed by atoms with Gasteiger partial charge in [-0.25, -0.2) is 0 Å². The molecule has 2 fully saturated rings. The van der Waals surface area contributed by atoms with Gasteiger partial charge in [0.1, 0.15) is 18.3 Å². The summed E-state index contributed by atoms with van der Waals surface area (Å²) in [7, 11) is 1.34. The maximum Gasteiger partial charge on any atom is 0.227 e. The van der Waals surface area contributed by atoms with Crippen molar-refractivity contribution in [3.05, 3.63) is 35.9 Å². The molecule has 0 saturated carbocycles. The Morgan fingerprint density at radius 1 is 1.24 bits per heavy atom. The monoisotopic (exact) mass is 298 g/mol. The van der Waals surface area contributed by atoms with Gasteiger partial charge in [-0.15, -0.1) is 0 Å². The van der Waals surface area contributed by atoms with Gasteiger partial charge in [0.2, 0.25) is 5.79 Å². The number of benzene rings is 1. The van der Waals surface area contributed by atoms with Gasteiger partial charge in [0.05, 0.1) is 6.61 Å². The molecule has 2 aliphatic rings. The van der Waals surface area contributed by atoms with Crippen LogP contribution in [0.3, 0.4) is 0 Å². The summed E-state index contributed by atoms with van der Waals surface area (Å²) in [4.78, 5) is 0. The van der Waals surface area contributed by atoms with Crippen molar-refractivity contribution >= 4 is 0 Å². The van der Waals surface area contributed by atoms with Gasteiger partial charge in [-0.1, -0.05) is 30.3 Å². The number of aliphatic hydroxyl groups is 3. The van der Waals surface area contributed by atoms with Crippen LogP contribution in [0.4, 0.5) is 0 Å².